The van der Waals surface area contributed by atoms with Crippen LogP contribution in [0, 0.1) is 0 Å². The summed E-state index contributed by atoms with van der Waals surface area (Å²) in [5.41, 5.74) is 0.405. The Morgan fingerprint density at radius 1 is 1.50 bits per heavy atom. The Labute approximate surface area is 143 Å². The fourth-order valence-electron chi connectivity index (χ4n) is 2.41. The van der Waals surface area contributed by atoms with Crippen molar-refractivity contribution in [3.8, 4) is 0 Å². The van der Waals surface area contributed by atoms with Crippen molar-refractivity contribution in [2.45, 2.75) is 32.4 Å². The number of hydrogen-bond donors (Lipinski definition) is 0. The molecule has 8 nitrogen and oxygen atoms in total. The monoisotopic (exact) mass is 352 g/mol. The van der Waals surface area contributed by atoms with E-state index in [1.807, 2.05) is 13.8 Å². The highest BCUT2D eigenvalue weighted by Crippen LogP contribution is 2.27. The topological polar surface area (TPSA) is 90.6 Å². The Bertz CT molecular complexity index is 699. The lowest BCUT2D eigenvalue weighted by Gasteiger charge is -2.32. The Balaban J connectivity index is 1.81. The van der Waals surface area contributed by atoms with Gasteiger partial charge in [-0.05, 0) is 0 Å². The Morgan fingerprint density at radius 2 is 2.33 bits per heavy atom. The molecule has 2 aromatic rings. The Morgan fingerprint density at radius 3 is 3.04 bits per heavy atom. The first-order valence-electron chi connectivity index (χ1n) is 7.75. The van der Waals surface area contributed by atoms with E-state index in [2.05, 4.69) is 15.2 Å². The predicted molar refractivity (Wildman–Crippen MR) is 85.8 cm³/mol. The van der Waals surface area contributed by atoms with E-state index in [1.165, 1.54) is 11.3 Å². The lowest BCUT2D eigenvalue weighted by molar-refractivity contribution is -0.0110. The zero-order valence-corrected chi connectivity index (χ0v) is 14.7. The van der Waals surface area contributed by atoms with Gasteiger partial charge in [-0.3, -0.25) is 4.79 Å². The number of carbonyl (C=O) groups is 1. The van der Waals surface area contributed by atoms with E-state index in [-0.39, 0.29) is 17.9 Å². The summed E-state index contributed by atoms with van der Waals surface area (Å²) in [7, 11) is 1.60. The predicted octanol–water partition coefficient (Wildman–Crippen LogP) is 2.01. The minimum absolute atomic E-state index is 0.134. The molecule has 1 saturated heterocycles. The van der Waals surface area contributed by atoms with E-state index in [1.54, 1.807) is 17.4 Å². The zero-order chi connectivity index (χ0) is 17.1. The second kappa shape index (κ2) is 7.37. The number of rotatable bonds is 5. The van der Waals surface area contributed by atoms with Crippen molar-refractivity contribution in [1.29, 1.82) is 0 Å². The van der Waals surface area contributed by atoms with Gasteiger partial charge in [-0.15, -0.1) is 21.5 Å². The average Bonchev–Trinajstić information content (AvgIpc) is 3.24. The fourth-order valence-corrected chi connectivity index (χ4v) is 3.15. The van der Waals surface area contributed by atoms with Crippen LogP contribution in [0.3, 0.4) is 0 Å². The van der Waals surface area contributed by atoms with Crippen LogP contribution in [0.25, 0.3) is 0 Å². The standard InChI is InChI=1S/C15H20N4O4S/c1-9(2)13-17-18-14(23-13)11-6-22-5-4-19(11)15(20)10-8-24-12(16-10)7-21-3/h8-9,11H,4-7H2,1-3H3. The number of morpholine rings is 1. The molecule has 0 radical (unpaired) electrons. The van der Waals surface area contributed by atoms with E-state index < -0.39 is 0 Å². The van der Waals surface area contributed by atoms with Crippen LogP contribution >= 0.6 is 11.3 Å². The smallest absolute Gasteiger partial charge is 0.274 e. The average molecular weight is 352 g/mol. The summed E-state index contributed by atoms with van der Waals surface area (Å²) in [6.07, 6.45) is 0. The SMILES string of the molecule is COCc1nc(C(=O)N2CCOCC2c2nnc(C(C)C)o2)cs1. The van der Waals surface area contributed by atoms with Crippen molar-refractivity contribution in [2.24, 2.45) is 0 Å². The van der Waals surface area contributed by atoms with Crippen LogP contribution in [-0.2, 0) is 16.1 Å². The van der Waals surface area contributed by atoms with Gasteiger partial charge in [0.25, 0.3) is 5.91 Å². The number of aromatic nitrogens is 3. The van der Waals surface area contributed by atoms with Crippen LogP contribution < -0.4 is 0 Å². The van der Waals surface area contributed by atoms with Gasteiger partial charge in [-0.2, -0.15) is 0 Å². The molecular formula is C15H20N4O4S. The first kappa shape index (κ1) is 17.0. The third-order valence-electron chi connectivity index (χ3n) is 3.66. The normalized spacial score (nSPS) is 18.3. The van der Waals surface area contributed by atoms with Crippen LogP contribution in [0.15, 0.2) is 9.80 Å². The van der Waals surface area contributed by atoms with Crippen LogP contribution in [0.4, 0.5) is 0 Å². The molecule has 0 bridgehead atoms. The summed E-state index contributed by atoms with van der Waals surface area (Å²) in [6, 6.07) is -0.390. The molecule has 1 atom stereocenters. The van der Waals surface area contributed by atoms with E-state index >= 15 is 0 Å². The van der Waals surface area contributed by atoms with Gasteiger partial charge in [0, 0.05) is 25.0 Å². The summed E-state index contributed by atoms with van der Waals surface area (Å²) in [6.45, 7) is 5.61. The molecule has 1 fully saturated rings. The molecule has 1 amide bonds. The van der Waals surface area contributed by atoms with Crippen molar-refractivity contribution in [3.63, 3.8) is 0 Å². The Hall–Kier alpha value is -1.84. The number of carbonyl (C=O) groups excluding carboxylic acids is 1. The van der Waals surface area contributed by atoms with E-state index in [4.69, 9.17) is 13.9 Å². The highest BCUT2D eigenvalue weighted by molar-refractivity contribution is 7.09. The van der Waals surface area contributed by atoms with Crippen LogP contribution in [0.5, 0.6) is 0 Å². The summed E-state index contributed by atoms with van der Waals surface area (Å²) in [5.74, 6) is 0.930. The van der Waals surface area contributed by atoms with Crippen molar-refractivity contribution in [3.05, 3.63) is 27.9 Å². The molecule has 3 heterocycles. The summed E-state index contributed by atoms with van der Waals surface area (Å²) >= 11 is 1.41. The maximum Gasteiger partial charge on any atom is 0.274 e. The minimum atomic E-state index is -0.390. The highest BCUT2D eigenvalue weighted by Gasteiger charge is 2.34. The summed E-state index contributed by atoms with van der Waals surface area (Å²) < 4.78 is 16.3. The molecule has 3 rings (SSSR count). The van der Waals surface area contributed by atoms with E-state index in [0.717, 1.165) is 5.01 Å². The first-order chi connectivity index (χ1) is 11.6. The Kier molecular flexibility index (Phi) is 5.22. The summed E-state index contributed by atoms with van der Waals surface area (Å²) in [4.78, 5) is 18.8. The minimum Gasteiger partial charge on any atom is -0.423 e. The van der Waals surface area contributed by atoms with Crippen molar-refractivity contribution in [2.75, 3.05) is 26.9 Å². The van der Waals surface area contributed by atoms with Crippen LogP contribution in [0.2, 0.25) is 0 Å². The lowest BCUT2D eigenvalue weighted by atomic mass is 10.2. The van der Waals surface area contributed by atoms with Crippen LogP contribution in [0.1, 0.15) is 53.1 Å². The van der Waals surface area contributed by atoms with Gasteiger partial charge in [0.15, 0.2) is 0 Å². The van der Waals surface area contributed by atoms with Gasteiger partial charge in [0.2, 0.25) is 11.8 Å². The molecule has 24 heavy (non-hydrogen) atoms. The molecule has 9 heteroatoms. The maximum absolute atomic E-state index is 12.8. The molecule has 130 valence electrons. The fraction of sp³-hybridized carbons (Fsp3) is 0.600. The van der Waals surface area contributed by atoms with Crippen molar-refractivity contribution >= 4 is 17.2 Å². The largest absolute Gasteiger partial charge is 0.423 e. The van der Waals surface area contributed by atoms with Gasteiger partial charge in [0.05, 0.1) is 19.8 Å². The van der Waals surface area contributed by atoms with Gasteiger partial charge >= 0.3 is 0 Å². The second-order valence-electron chi connectivity index (χ2n) is 5.78. The molecule has 1 aliphatic rings. The van der Waals surface area contributed by atoms with E-state index in [0.29, 0.717) is 43.8 Å². The third kappa shape index (κ3) is 3.47. The molecule has 0 N–H and O–H groups in total. The van der Waals surface area contributed by atoms with Gasteiger partial charge < -0.3 is 18.8 Å². The maximum atomic E-state index is 12.8. The highest BCUT2D eigenvalue weighted by atomic mass is 32.1. The van der Waals surface area contributed by atoms with Gasteiger partial charge in [0.1, 0.15) is 16.7 Å². The molecule has 1 aliphatic heterocycles. The van der Waals surface area contributed by atoms with Crippen LogP contribution in [-0.4, -0.2) is 52.9 Å². The summed E-state index contributed by atoms with van der Waals surface area (Å²) in [5, 5.41) is 10.7. The second-order valence-corrected chi connectivity index (χ2v) is 6.72. The number of hydrogen-bond acceptors (Lipinski definition) is 8. The molecule has 0 aromatic carbocycles. The molecular weight excluding hydrogens is 332 g/mol. The zero-order valence-electron chi connectivity index (χ0n) is 13.9. The van der Waals surface area contributed by atoms with Gasteiger partial charge in [-0.1, -0.05) is 13.8 Å². The quantitative estimate of drug-likeness (QED) is 0.813. The molecule has 2 aromatic heterocycles. The molecule has 0 saturated carbocycles. The number of methoxy groups -OCH3 is 1. The van der Waals surface area contributed by atoms with Crippen molar-refractivity contribution < 1.29 is 18.7 Å². The lowest BCUT2D eigenvalue weighted by Crippen LogP contribution is -2.43. The van der Waals surface area contributed by atoms with Crippen molar-refractivity contribution in [1.82, 2.24) is 20.1 Å². The van der Waals surface area contributed by atoms with Gasteiger partial charge in [-0.25, -0.2) is 4.98 Å². The molecule has 0 spiro atoms. The molecule has 1 unspecified atom stereocenters. The van der Waals surface area contributed by atoms with E-state index in [9.17, 15) is 4.79 Å². The number of nitrogens with zero attached hydrogens (tertiary/aromatic N) is 4. The molecule has 0 aliphatic carbocycles. The number of amides is 1. The third-order valence-corrected chi connectivity index (χ3v) is 4.49. The number of thiazole rings is 1. The first-order valence-corrected chi connectivity index (χ1v) is 8.63. The number of ether oxygens (including phenoxy) is 2.